The van der Waals surface area contributed by atoms with Gasteiger partial charge in [-0.05, 0) is 43.3 Å². The maximum absolute atomic E-state index is 12.3. The Labute approximate surface area is 203 Å². The smallest absolute Gasteiger partial charge is 0.234 e. The van der Waals surface area contributed by atoms with E-state index in [1.807, 2.05) is 18.2 Å². The first-order valence-electron chi connectivity index (χ1n) is 11.0. The van der Waals surface area contributed by atoms with Crippen LogP contribution in [-0.4, -0.2) is 60.7 Å². The number of carbonyl (C=O) groups excluding carboxylic acids is 2. The van der Waals surface area contributed by atoms with E-state index in [1.165, 1.54) is 18.7 Å². The molecule has 1 amide bonds. The van der Waals surface area contributed by atoms with Crippen LogP contribution >= 0.6 is 11.8 Å². The number of anilines is 3. The SMILES string of the molecule is COc1cccc(N2CCN(c3cc(SCC(=O)Nc4ccc(C(C)=O)cc4)ncn3)CC2)c1. The van der Waals surface area contributed by atoms with Gasteiger partial charge in [0.1, 0.15) is 22.9 Å². The fraction of sp³-hybridized carbons (Fsp3) is 0.280. The van der Waals surface area contributed by atoms with Gasteiger partial charge >= 0.3 is 0 Å². The summed E-state index contributed by atoms with van der Waals surface area (Å²) < 4.78 is 5.34. The summed E-state index contributed by atoms with van der Waals surface area (Å²) in [6, 6.07) is 16.9. The highest BCUT2D eigenvalue weighted by atomic mass is 32.2. The third-order valence-electron chi connectivity index (χ3n) is 5.58. The normalized spacial score (nSPS) is 13.5. The van der Waals surface area contributed by atoms with Crippen LogP contribution in [0.1, 0.15) is 17.3 Å². The molecule has 1 N–H and O–H groups in total. The molecule has 9 heteroatoms. The molecule has 1 saturated heterocycles. The number of nitrogens with one attached hydrogen (secondary N) is 1. The monoisotopic (exact) mass is 477 g/mol. The number of hydrogen-bond donors (Lipinski definition) is 1. The quantitative estimate of drug-likeness (QED) is 0.298. The number of ketones is 1. The third-order valence-corrected chi connectivity index (χ3v) is 6.50. The van der Waals surface area contributed by atoms with Crippen molar-refractivity contribution in [3.05, 3.63) is 66.5 Å². The number of ether oxygens (including phenoxy) is 1. The Morgan fingerprint density at radius 2 is 1.74 bits per heavy atom. The number of thioether (sulfide) groups is 1. The molecule has 2 aromatic carbocycles. The van der Waals surface area contributed by atoms with Crippen LogP contribution in [0.2, 0.25) is 0 Å². The highest BCUT2D eigenvalue weighted by Crippen LogP contribution is 2.25. The number of methoxy groups -OCH3 is 1. The summed E-state index contributed by atoms with van der Waals surface area (Å²) >= 11 is 1.37. The second-order valence-electron chi connectivity index (χ2n) is 7.86. The van der Waals surface area contributed by atoms with Crippen molar-refractivity contribution < 1.29 is 14.3 Å². The van der Waals surface area contributed by atoms with E-state index in [-0.39, 0.29) is 17.4 Å². The van der Waals surface area contributed by atoms with Crippen molar-refractivity contribution in [2.45, 2.75) is 11.9 Å². The number of benzene rings is 2. The number of rotatable bonds is 8. The molecule has 176 valence electrons. The molecule has 1 aliphatic heterocycles. The van der Waals surface area contributed by atoms with Gasteiger partial charge in [0.2, 0.25) is 5.91 Å². The van der Waals surface area contributed by atoms with Gasteiger partial charge in [0.25, 0.3) is 0 Å². The predicted molar refractivity (Wildman–Crippen MR) is 135 cm³/mol. The number of aromatic nitrogens is 2. The van der Waals surface area contributed by atoms with Crippen LogP contribution in [0, 0.1) is 0 Å². The summed E-state index contributed by atoms with van der Waals surface area (Å²) in [7, 11) is 1.68. The van der Waals surface area contributed by atoms with Crippen LogP contribution in [-0.2, 0) is 4.79 Å². The highest BCUT2D eigenvalue weighted by Gasteiger charge is 2.19. The number of piperazine rings is 1. The van der Waals surface area contributed by atoms with Crippen molar-refractivity contribution in [2.24, 2.45) is 0 Å². The van der Waals surface area contributed by atoms with Crippen LogP contribution in [0.25, 0.3) is 0 Å². The van der Waals surface area contributed by atoms with Gasteiger partial charge in [-0.15, -0.1) is 0 Å². The molecule has 4 rings (SSSR count). The van der Waals surface area contributed by atoms with Crippen LogP contribution in [0.4, 0.5) is 17.2 Å². The van der Waals surface area contributed by atoms with Gasteiger partial charge in [0.05, 0.1) is 12.9 Å². The number of hydrogen-bond acceptors (Lipinski definition) is 8. The van der Waals surface area contributed by atoms with Crippen molar-refractivity contribution in [3.63, 3.8) is 0 Å². The third kappa shape index (κ3) is 6.05. The van der Waals surface area contributed by atoms with Crippen LogP contribution in [0.5, 0.6) is 5.75 Å². The van der Waals surface area contributed by atoms with Gasteiger partial charge in [-0.25, -0.2) is 9.97 Å². The minimum atomic E-state index is -0.132. The molecule has 3 aromatic rings. The predicted octanol–water partition coefficient (Wildman–Crippen LogP) is 3.75. The second-order valence-corrected chi connectivity index (χ2v) is 8.86. The summed E-state index contributed by atoms with van der Waals surface area (Å²) in [5, 5.41) is 3.60. The number of carbonyl (C=O) groups is 2. The highest BCUT2D eigenvalue weighted by molar-refractivity contribution is 7.99. The summed E-state index contributed by atoms with van der Waals surface area (Å²) in [6.07, 6.45) is 1.55. The largest absolute Gasteiger partial charge is 0.497 e. The van der Waals surface area contributed by atoms with Gasteiger partial charge in [-0.2, -0.15) is 0 Å². The number of amides is 1. The van der Waals surface area contributed by atoms with Crippen molar-refractivity contribution in [1.82, 2.24) is 9.97 Å². The first-order valence-corrected chi connectivity index (χ1v) is 12.0. The molecule has 0 saturated carbocycles. The molecule has 34 heavy (non-hydrogen) atoms. The lowest BCUT2D eigenvalue weighted by molar-refractivity contribution is -0.113. The maximum atomic E-state index is 12.3. The van der Waals surface area contributed by atoms with Gasteiger partial charge in [0.15, 0.2) is 5.78 Å². The number of nitrogens with zero attached hydrogens (tertiary/aromatic N) is 4. The fourth-order valence-corrected chi connectivity index (χ4v) is 4.37. The molecule has 2 heterocycles. The van der Waals surface area contributed by atoms with Crippen molar-refractivity contribution in [2.75, 3.05) is 54.2 Å². The Bertz CT molecular complexity index is 1150. The molecule has 0 unspecified atom stereocenters. The molecular formula is C25H27N5O3S. The molecule has 1 aliphatic rings. The standard InChI is InChI=1S/C25H27N5O3S/c1-18(31)19-6-8-20(9-7-19)28-24(32)16-34-25-15-23(26-17-27-25)30-12-10-29(11-13-30)21-4-3-5-22(14-21)33-2/h3-9,14-15,17H,10-13,16H2,1-2H3,(H,28,32). The van der Waals surface area contributed by atoms with E-state index in [4.69, 9.17) is 4.74 Å². The van der Waals surface area contributed by atoms with E-state index in [0.717, 1.165) is 48.5 Å². The van der Waals surface area contributed by atoms with Gasteiger partial charge in [-0.1, -0.05) is 17.8 Å². The Hall–Kier alpha value is -3.59. The zero-order valence-corrected chi connectivity index (χ0v) is 20.0. The fourth-order valence-electron chi connectivity index (χ4n) is 3.71. The van der Waals surface area contributed by atoms with E-state index in [1.54, 1.807) is 37.7 Å². The average molecular weight is 478 g/mol. The molecule has 0 spiro atoms. The van der Waals surface area contributed by atoms with Gasteiger partial charge < -0.3 is 19.9 Å². The zero-order chi connectivity index (χ0) is 23.9. The van der Waals surface area contributed by atoms with Gasteiger partial charge in [-0.3, -0.25) is 9.59 Å². The first kappa shape index (κ1) is 23.6. The summed E-state index contributed by atoms with van der Waals surface area (Å²) in [6.45, 7) is 4.96. The Morgan fingerprint density at radius 1 is 1.00 bits per heavy atom. The van der Waals surface area contributed by atoms with Gasteiger partial charge in [0, 0.05) is 55.2 Å². The van der Waals surface area contributed by atoms with Crippen molar-refractivity contribution in [1.29, 1.82) is 0 Å². The second kappa shape index (κ2) is 11.0. The van der Waals surface area contributed by atoms with Crippen LogP contribution in [0.15, 0.2) is 66.0 Å². The molecule has 0 atom stereocenters. The van der Waals surface area contributed by atoms with Crippen molar-refractivity contribution >= 4 is 40.6 Å². The van der Waals surface area contributed by atoms with Crippen LogP contribution < -0.4 is 19.9 Å². The van der Waals surface area contributed by atoms with E-state index >= 15 is 0 Å². The Morgan fingerprint density at radius 3 is 2.44 bits per heavy atom. The maximum Gasteiger partial charge on any atom is 0.234 e. The minimum Gasteiger partial charge on any atom is -0.497 e. The van der Waals surface area contributed by atoms with E-state index in [0.29, 0.717) is 11.3 Å². The molecule has 0 aliphatic carbocycles. The summed E-state index contributed by atoms with van der Waals surface area (Å²) in [4.78, 5) is 37.0. The Kier molecular flexibility index (Phi) is 7.64. The molecular weight excluding hydrogens is 450 g/mol. The average Bonchev–Trinajstić information content (AvgIpc) is 2.88. The summed E-state index contributed by atoms with van der Waals surface area (Å²) in [5.41, 5.74) is 2.43. The van der Waals surface area contributed by atoms with E-state index < -0.39 is 0 Å². The molecule has 1 fully saturated rings. The molecule has 0 bridgehead atoms. The zero-order valence-electron chi connectivity index (χ0n) is 19.2. The lowest BCUT2D eigenvalue weighted by atomic mass is 10.1. The topological polar surface area (TPSA) is 87.7 Å². The molecule has 1 aromatic heterocycles. The number of Topliss-reactive ketones (excluding diaryl/α,β-unsaturated/α-hetero) is 1. The van der Waals surface area contributed by atoms with E-state index in [9.17, 15) is 9.59 Å². The molecule has 0 radical (unpaired) electrons. The minimum absolute atomic E-state index is 0.00490. The Balaban J connectivity index is 1.29. The van der Waals surface area contributed by atoms with Crippen molar-refractivity contribution in [3.8, 4) is 5.75 Å². The first-order chi connectivity index (χ1) is 16.5. The van der Waals surface area contributed by atoms with E-state index in [2.05, 4.69) is 37.2 Å². The lowest BCUT2D eigenvalue weighted by Crippen LogP contribution is -2.46. The van der Waals surface area contributed by atoms with Crippen LogP contribution in [0.3, 0.4) is 0 Å². The lowest BCUT2D eigenvalue weighted by Gasteiger charge is -2.36. The summed E-state index contributed by atoms with van der Waals surface area (Å²) in [5.74, 6) is 1.81. The molecule has 8 nitrogen and oxygen atoms in total.